The van der Waals surface area contributed by atoms with Gasteiger partial charge in [0.1, 0.15) is 11.8 Å². The molecule has 3 aromatic rings. The van der Waals surface area contributed by atoms with Crippen molar-refractivity contribution in [2.45, 2.75) is 57.2 Å². The maximum atomic E-state index is 13.8. The third-order valence-electron chi connectivity index (χ3n) is 6.72. The average molecular weight is 540 g/mol. The van der Waals surface area contributed by atoms with Crippen LogP contribution < -0.4 is 10.1 Å². The molecular formula is C30H32Cl2N2O3. The number of benzene rings is 3. The number of halogens is 2. The molecule has 5 nitrogen and oxygen atoms in total. The lowest BCUT2D eigenvalue weighted by molar-refractivity contribution is -0.143. The topological polar surface area (TPSA) is 58.6 Å². The summed E-state index contributed by atoms with van der Waals surface area (Å²) in [6, 6.07) is 23.5. The van der Waals surface area contributed by atoms with E-state index in [0.717, 1.165) is 31.2 Å². The summed E-state index contributed by atoms with van der Waals surface area (Å²) in [6.07, 6.45) is 5.63. The maximum Gasteiger partial charge on any atom is 0.261 e. The zero-order valence-corrected chi connectivity index (χ0v) is 22.3. The Morgan fingerprint density at radius 3 is 2.14 bits per heavy atom. The molecule has 7 heteroatoms. The van der Waals surface area contributed by atoms with E-state index in [9.17, 15) is 9.59 Å². The van der Waals surface area contributed by atoms with Gasteiger partial charge in [-0.3, -0.25) is 9.59 Å². The molecule has 0 spiro atoms. The number of hydrogen-bond donors (Lipinski definition) is 1. The summed E-state index contributed by atoms with van der Waals surface area (Å²) in [4.78, 5) is 29.0. The van der Waals surface area contributed by atoms with E-state index in [1.165, 1.54) is 6.42 Å². The largest absolute Gasteiger partial charge is 0.484 e. The number of hydrogen-bond acceptors (Lipinski definition) is 3. The first-order valence-electron chi connectivity index (χ1n) is 12.8. The zero-order valence-electron chi connectivity index (χ0n) is 20.7. The second-order valence-corrected chi connectivity index (χ2v) is 10.2. The first kappa shape index (κ1) is 27.0. The zero-order chi connectivity index (χ0) is 26.0. The normalized spacial score (nSPS) is 14.5. The van der Waals surface area contributed by atoms with Crippen molar-refractivity contribution in [1.29, 1.82) is 0 Å². The molecule has 1 fully saturated rings. The second kappa shape index (κ2) is 13.5. The van der Waals surface area contributed by atoms with Crippen LogP contribution in [-0.2, 0) is 22.6 Å². The van der Waals surface area contributed by atoms with Crippen molar-refractivity contribution >= 4 is 35.0 Å². The Balaban J connectivity index is 1.64. The lowest BCUT2D eigenvalue weighted by Crippen LogP contribution is -2.53. The fraction of sp³-hybridized carbons (Fsp3) is 0.333. The van der Waals surface area contributed by atoms with Gasteiger partial charge >= 0.3 is 0 Å². The molecule has 1 aliphatic rings. The predicted octanol–water partition coefficient (Wildman–Crippen LogP) is 6.46. The molecule has 37 heavy (non-hydrogen) atoms. The van der Waals surface area contributed by atoms with Gasteiger partial charge in [-0.05, 0) is 42.7 Å². The fourth-order valence-electron chi connectivity index (χ4n) is 4.70. The Labute approximate surface area is 228 Å². The van der Waals surface area contributed by atoms with Crippen molar-refractivity contribution in [3.05, 3.63) is 100 Å². The number of nitrogens with zero attached hydrogens (tertiary/aromatic N) is 1. The monoisotopic (exact) mass is 538 g/mol. The van der Waals surface area contributed by atoms with Crippen LogP contribution in [0.2, 0.25) is 10.0 Å². The van der Waals surface area contributed by atoms with Gasteiger partial charge in [0.2, 0.25) is 5.91 Å². The van der Waals surface area contributed by atoms with Crippen LogP contribution >= 0.6 is 23.2 Å². The number of carbonyl (C=O) groups is 2. The molecule has 0 heterocycles. The Hall–Kier alpha value is -3.02. The molecule has 1 aliphatic carbocycles. The molecule has 1 saturated carbocycles. The van der Waals surface area contributed by atoms with Gasteiger partial charge in [0, 0.05) is 34.6 Å². The van der Waals surface area contributed by atoms with Crippen LogP contribution in [0.15, 0.2) is 78.9 Å². The standard InChI is InChI=1S/C30H32Cl2N2O3/c31-26-17-10-18-27(32)25(26)20-34(29(35)21-37-24-15-8-3-9-16-24)28(19-22-11-4-1-5-12-22)30(36)33-23-13-6-2-7-14-23/h1,3-5,8-12,15-18,23,28H,2,6-7,13-14,19-21H2,(H,33,36)/t28-/m1/s1. The molecular weight excluding hydrogens is 507 g/mol. The van der Waals surface area contributed by atoms with E-state index in [1.807, 2.05) is 48.5 Å². The summed E-state index contributed by atoms with van der Waals surface area (Å²) in [5.74, 6) is 0.0874. The van der Waals surface area contributed by atoms with E-state index in [0.29, 0.717) is 27.8 Å². The van der Waals surface area contributed by atoms with Crippen molar-refractivity contribution in [1.82, 2.24) is 10.2 Å². The van der Waals surface area contributed by atoms with Crippen molar-refractivity contribution < 1.29 is 14.3 Å². The minimum Gasteiger partial charge on any atom is -0.484 e. The number of amides is 2. The second-order valence-electron chi connectivity index (χ2n) is 9.37. The quantitative estimate of drug-likeness (QED) is 0.322. The Kier molecular flexibility index (Phi) is 9.86. The summed E-state index contributed by atoms with van der Waals surface area (Å²) in [5, 5.41) is 4.11. The molecule has 0 radical (unpaired) electrons. The summed E-state index contributed by atoms with van der Waals surface area (Å²) < 4.78 is 5.79. The summed E-state index contributed by atoms with van der Waals surface area (Å²) in [6.45, 7) is -0.126. The number of nitrogens with one attached hydrogen (secondary N) is 1. The highest BCUT2D eigenvalue weighted by molar-refractivity contribution is 6.36. The highest BCUT2D eigenvalue weighted by Crippen LogP contribution is 2.28. The Morgan fingerprint density at radius 1 is 0.865 bits per heavy atom. The molecule has 0 unspecified atom stereocenters. The average Bonchev–Trinajstić information content (AvgIpc) is 2.92. The smallest absolute Gasteiger partial charge is 0.261 e. The van der Waals surface area contributed by atoms with E-state index < -0.39 is 6.04 Å². The van der Waals surface area contributed by atoms with Crippen molar-refractivity contribution in [2.75, 3.05) is 6.61 Å². The first-order chi connectivity index (χ1) is 18.0. The summed E-state index contributed by atoms with van der Waals surface area (Å²) >= 11 is 13.0. The van der Waals surface area contributed by atoms with E-state index in [-0.39, 0.29) is 31.0 Å². The highest BCUT2D eigenvalue weighted by atomic mass is 35.5. The molecule has 0 bridgehead atoms. The molecule has 4 rings (SSSR count). The van der Waals surface area contributed by atoms with Crippen LogP contribution in [0, 0.1) is 0 Å². The molecule has 1 N–H and O–H groups in total. The Morgan fingerprint density at radius 2 is 1.49 bits per heavy atom. The highest BCUT2D eigenvalue weighted by Gasteiger charge is 2.33. The lowest BCUT2D eigenvalue weighted by atomic mass is 9.94. The first-order valence-corrected chi connectivity index (χ1v) is 13.5. The summed E-state index contributed by atoms with van der Waals surface area (Å²) in [7, 11) is 0. The van der Waals surface area contributed by atoms with Gasteiger partial charge in [0.05, 0.1) is 0 Å². The van der Waals surface area contributed by atoms with Gasteiger partial charge in [-0.25, -0.2) is 0 Å². The van der Waals surface area contributed by atoms with Crippen molar-refractivity contribution in [3.8, 4) is 5.75 Å². The SMILES string of the molecule is O=C(NC1CCCCC1)[C@@H](Cc1ccccc1)N(Cc1c(Cl)cccc1Cl)C(=O)COc1ccccc1. The fourth-order valence-corrected chi connectivity index (χ4v) is 5.21. The van der Waals surface area contributed by atoms with Crippen molar-refractivity contribution in [3.63, 3.8) is 0 Å². The van der Waals surface area contributed by atoms with E-state index in [2.05, 4.69) is 5.32 Å². The van der Waals surface area contributed by atoms with Crippen LogP contribution in [0.4, 0.5) is 0 Å². The molecule has 1 atom stereocenters. The van der Waals surface area contributed by atoms with Gasteiger partial charge < -0.3 is 15.0 Å². The maximum absolute atomic E-state index is 13.8. The van der Waals surface area contributed by atoms with Crippen LogP contribution in [0.25, 0.3) is 0 Å². The van der Waals surface area contributed by atoms with Crippen LogP contribution in [0.5, 0.6) is 5.75 Å². The molecule has 194 valence electrons. The minimum atomic E-state index is -0.761. The van der Waals surface area contributed by atoms with Crippen LogP contribution in [0.3, 0.4) is 0 Å². The van der Waals surface area contributed by atoms with E-state index in [1.54, 1.807) is 35.2 Å². The minimum absolute atomic E-state index is 0.0884. The lowest BCUT2D eigenvalue weighted by Gasteiger charge is -2.33. The number of rotatable bonds is 10. The van der Waals surface area contributed by atoms with Gasteiger partial charge in [-0.15, -0.1) is 0 Å². The van der Waals surface area contributed by atoms with Gasteiger partial charge in [0.15, 0.2) is 6.61 Å². The van der Waals surface area contributed by atoms with Gasteiger partial charge in [-0.2, -0.15) is 0 Å². The van der Waals surface area contributed by atoms with Crippen LogP contribution in [-0.4, -0.2) is 35.4 Å². The number of para-hydroxylation sites is 1. The van der Waals surface area contributed by atoms with Crippen LogP contribution in [0.1, 0.15) is 43.2 Å². The number of ether oxygens (including phenoxy) is 1. The Bertz CT molecular complexity index is 1150. The third kappa shape index (κ3) is 7.73. The molecule has 0 aromatic heterocycles. The molecule has 3 aromatic carbocycles. The molecule has 0 aliphatic heterocycles. The van der Waals surface area contributed by atoms with Gasteiger partial charge in [-0.1, -0.05) is 97.1 Å². The van der Waals surface area contributed by atoms with E-state index >= 15 is 0 Å². The van der Waals surface area contributed by atoms with Gasteiger partial charge in [0.25, 0.3) is 5.91 Å². The number of carbonyl (C=O) groups excluding carboxylic acids is 2. The molecule has 2 amide bonds. The van der Waals surface area contributed by atoms with Crippen molar-refractivity contribution in [2.24, 2.45) is 0 Å². The predicted molar refractivity (Wildman–Crippen MR) is 148 cm³/mol. The summed E-state index contributed by atoms with van der Waals surface area (Å²) in [5.41, 5.74) is 1.56. The van der Waals surface area contributed by atoms with E-state index in [4.69, 9.17) is 27.9 Å². The third-order valence-corrected chi connectivity index (χ3v) is 7.43. The molecule has 0 saturated heterocycles.